The van der Waals surface area contributed by atoms with Crippen molar-refractivity contribution in [3.8, 4) is 0 Å². The van der Waals surface area contributed by atoms with Gasteiger partial charge in [0.1, 0.15) is 18.7 Å². The van der Waals surface area contributed by atoms with Crippen molar-refractivity contribution in [2.24, 2.45) is 0 Å². The highest BCUT2D eigenvalue weighted by molar-refractivity contribution is 9.10. The smallest absolute Gasteiger partial charge is 0.435 e. The van der Waals surface area contributed by atoms with Crippen molar-refractivity contribution in [2.75, 3.05) is 6.54 Å². The first-order valence-corrected chi connectivity index (χ1v) is 10.1. The minimum absolute atomic E-state index is 0.161. The molecule has 1 aliphatic rings. The molecule has 3 atom stereocenters. The number of hydrogen-bond donors (Lipinski definition) is 1. The van der Waals surface area contributed by atoms with Crippen LogP contribution in [0.5, 0.6) is 0 Å². The summed E-state index contributed by atoms with van der Waals surface area (Å²) in [6.45, 7) is 4.36. The van der Waals surface area contributed by atoms with Gasteiger partial charge < -0.3 is 5.11 Å². The molecule has 1 heterocycles. The monoisotopic (exact) mass is 434 g/mol. The van der Waals surface area contributed by atoms with Gasteiger partial charge in [0, 0.05) is 10.9 Å². The number of hydrogen-bond acceptors (Lipinski definition) is 5. The molecule has 0 radical (unpaired) electrons. The van der Waals surface area contributed by atoms with E-state index in [0.29, 0.717) is 4.47 Å². The standard InChI is InChI=1S/C16H20BrNO6S/c1-10(2)25(22,23)24-12-8-11(3)18(9-12,16(20)21)15(19)13-6-4-5-7-14(13)17/h4-7,10-12H,8-9H2,1-3H3/p+1/t11-,12-,18-/m1/s1. The molecule has 1 aromatic carbocycles. The number of imide groups is 1. The average molecular weight is 435 g/mol. The van der Waals surface area contributed by atoms with Crippen LogP contribution in [0.1, 0.15) is 37.6 Å². The second-order valence-electron chi connectivity index (χ2n) is 6.46. The highest BCUT2D eigenvalue weighted by Gasteiger charge is 2.58. The molecule has 0 saturated carbocycles. The van der Waals surface area contributed by atoms with Crippen LogP contribution in [0.3, 0.4) is 0 Å². The zero-order chi connectivity index (χ0) is 19.0. The fourth-order valence-corrected chi connectivity index (χ4v) is 4.19. The van der Waals surface area contributed by atoms with Crippen LogP contribution in [0.15, 0.2) is 28.7 Å². The van der Waals surface area contributed by atoms with Crippen LogP contribution >= 0.6 is 15.9 Å². The first-order valence-electron chi connectivity index (χ1n) is 7.85. The Morgan fingerprint density at radius 1 is 1.32 bits per heavy atom. The van der Waals surface area contributed by atoms with Gasteiger partial charge in [-0.25, -0.2) is 4.79 Å². The molecular formula is C16H21BrNO6S+. The lowest BCUT2D eigenvalue weighted by atomic mass is 10.1. The maximum atomic E-state index is 13.0. The van der Waals surface area contributed by atoms with Crippen LogP contribution in [-0.4, -0.2) is 53.9 Å². The van der Waals surface area contributed by atoms with Crippen molar-refractivity contribution in [3.63, 3.8) is 0 Å². The molecule has 1 aliphatic heterocycles. The van der Waals surface area contributed by atoms with E-state index in [-0.39, 0.29) is 18.5 Å². The van der Waals surface area contributed by atoms with Gasteiger partial charge in [-0.05, 0) is 48.8 Å². The summed E-state index contributed by atoms with van der Waals surface area (Å²) in [6.07, 6.45) is -2.01. The van der Waals surface area contributed by atoms with E-state index in [0.717, 1.165) is 0 Å². The highest BCUT2D eigenvalue weighted by Crippen LogP contribution is 2.34. The van der Waals surface area contributed by atoms with Crippen LogP contribution in [0.4, 0.5) is 4.79 Å². The molecule has 2 amide bonds. The molecule has 0 aromatic heterocycles. The molecule has 138 valence electrons. The van der Waals surface area contributed by atoms with Crippen molar-refractivity contribution < 1.29 is 31.8 Å². The number of quaternary nitrogens is 1. The zero-order valence-electron chi connectivity index (χ0n) is 14.2. The van der Waals surface area contributed by atoms with Crippen molar-refractivity contribution >= 4 is 38.0 Å². The molecule has 0 spiro atoms. The Kier molecular flexibility index (Phi) is 5.72. The lowest BCUT2D eigenvalue weighted by Crippen LogP contribution is -2.59. The van der Waals surface area contributed by atoms with Gasteiger partial charge in [0.15, 0.2) is 0 Å². The minimum atomic E-state index is -3.80. The molecule has 1 saturated heterocycles. The van der Waals surface area contributed by atoms with Crippen molar-refractivity contribution in [2.45, 2.75) is 44.6 Å². The van der Waals surface area contributed by atoms with Gasteiger partial charge >= 0.3 is 12.0 Å². The number of nitrogens with zero attached hydrogens (tertiary/aromatic N) is 1. The normalized spacial score (nSPS) is 26.8. The predicted octanol–water partition coefficient (Wildman–Crippen LogP) is 3.00. The largest absolute Gasteiger partial charge is 0.521 e. The minimum Gasteiger partial charge on any atom is -0.435 e. The third-order valence-electron chi connectivity index (χ3n) is 4.50. The fraction of sp³-hybridized carbons (Fsp3) is 0.500. The van der Waals surface area contributed by atoms with Gasteiger partial charge in [-0.15, -0.1) is 0 Å². The maximum absolute atomic E-state index is 13.0. The SMILES string of the molecule is CC(C)S(=O)(=O)O[C@@H]1C[C@@H](C)[N@@+](C(=O)O)(C(=O)c2ccccc2Br)C1. The molecule has 7 nitrogen and oxygen atoms in total. The molecule has 0 bridgehead atoms. The molecule has 0 aliphatic carbocycles. The summed E-state index contributed by atoms with van der Waals surface area (Å²) in [4.78, 5) is 25.1. The molecule has 9 heteroatoms. The topological polar surface area (TPSA) is 97.7 Å². The molecule has 2 rings (SSSR count). The van der Waals surface area contributed by atoms with Gasteiger partial charge in [0.05, 0.1) is 10.8 Å². The Morgan fingerprint density at radius 3 is 2.44 bits per heavy atom. The second-order valence-corrected chi connectivity index (χ2v) is 9.44. The molecule has 1 N–H and O–H groups in total. The van der Waals surface area contributed by atoms with Crippen molar-refractivity contribution in [3.05, 3.63) is 34.3 Å². The first-order chi connectivity index (χ1) is 11.5. The number of likely N-dealkylation sites (tertiary alicyclic amines) is 1. The number of halogens is 1. The molecular weight excluding hydrogens is 414 g/mol. The Hall–Kier alpha value is -1.29. The Labute approximate surface area is 155 Å². The number of rotatable bonds is 4. The summed E-state index contributed by atoms with van der Waals surface area (Å²) in [6, 6.07) is 5.95. The van der Waals surface area contributed by atoms with E-state index >= 15 is 0 Å². The summed E-state index contributed by atoms with van der Waals surface area (Å²) in [7, 11) is -3.80. The van der Waals surface area contributed by atoms with E-state index in [2.05, 4.69) is 15.9 Å². The zero-order valence-corrected chi connectivity index (χ0v) is 16.6. The Morgan fingerprint density at radius 2 is 1.92 bits per heavy atom. The number of benzene rings is 1. The van der Waals surface area contributed by atoms with Crippen LogP contribution in [0.2, 0.25) is 0 Å². The quantitative estimate of drug-likeness (QED) is 0.577. The second kappa shape index (κ2) is 7.14. The summed E-state index contributed by atoms with van der Waals surface area (Å²) in [5.41, 5.74) is 0.240. The summed E-state index contributed by atoms with van der Waals surface area (Å²) in [5, 5.41) is 9.07. The number of carbonyl (C=O) groups excluding carboxylic acids is 1. The van der Waals surface area contributed by atoms with E-state index in [1.807, 2.05) is 0 Å². The number of carboxylic acid groups (broad SMARTS) is 1. The molecule has 1 aromatic rings. The van der Waals surface area contributed by atoms with E-state index in [1.165, 1.54) is 13.8 Å². The van der Waals surface area contributed by atoms with E-state index in [9.17, 15) is 23.1 Å². The van der Waals surface area contributed by atoms with E-state index in [1.54, 1.807) is 31.2 Å². The van der Waals surface area contributed by atoms with Crippen LogP contribution in [0.25, 0.3) is 0 Å². The average Bonchev–Trinajstić information content (AvgIpc) is 2.83. The van der Waals surface area contributed by atoms with Gasteiger partial charge in [-0.2, -0.15) is 17.7 Å². The van der Waals surface area contributed by atoms with Crippen LogP contribution in [-0.2, 0) is 14.3 Å². The van der Waals surface area contributed by atoms with E-state index < -0.39 is 44.0 Å². The first kappa shape index (κ1) is 20.0. The van der Waals surface area contributed by atoms with E-state index in [4.69, 9.17) is 4.18 Å². The molecule has 25 heavy (non-hydrogen) atoms. The van der Waals surface area contributed by atoms with Crippen LogP contribution < -0.4 is 0 Å². The van der Waals surface area contributed by atoms with Gasteiger partial charge in [0.25, 0.3) is 10.1 Å². The van der Waals surface area contributed by atoms with Gasteiger partial charge in [0.2, 0.25) is 0 Å². The van der Waals surface area contributed by atoms with Crippen molar-refractivity contribution in [1.82, 2.24) is 0 Å². The predicted molar refractivity (Wildman–Crippen MR) is 94.6 cm³/mol. The summed E-state index contributed by atoms with van der Waals surface area (Å²) >= 11 is 3.27. The lowest BCUT2D eigenvalue weighted by Gasteiger charge is -2.29. The third kappa shape index (κ3) is 3.64. The van der Waals surface area contributed by atoms with Crippen LogP contribution in [0, 0.1) is 0 Å². The highest BCUT2D eigenvalue weighted by atomic mass is 79.9. The third-order valence-corrected chi connectivity index (χ3v) is 6.89. The van der Waals surface area contributed by atoms with Gasteiger partial charge in [-0.3, -0.25) is 4.18 Å². The summed E-state index contributed by atoms with van der Waals surface area (Å²) < 4.78 is 28.8. The molecule has 1 fully saturated rings. The Bertz CT molecular complexity index is 794. The number of amides is 2. The van der Waals surface area contributed by atoms with Crippen molar-refractivity contribution in [1.29, 1.82) is 0 Å². The van der Waals surface area contributed by atoms with Gasteiger partial charge in [-0.1, -0.05) is 12.1 Å². The maximum Gasteiger partial charge on any atom is 0.521 e. The summed E-state index contributed by atoms with van der Waals surface area (Å²) in [5.74, 6) is -0.597. The molecule has 0 unspecified atom stereocenters. The lowest BCUT2D eigenvalue weighted by molar-refractivity contribution is -0.787. The fourth-order valence-electron chi connectivity index (χ4n) is 2.99. The Balaban J connectivity index is 2.39. The number of carbonyl (C=O) groups is 2.